The van der Waals surface area contributed by atoms with E-state index in [0.29, 0.717) is 16.7 Å². The lowest BCUT2D eigenvalue weighted by Crippen LogP contribution is -2.85. The maximum absolute atomic E-state index is 12.3. The third kappa shape index (κ3) is 11.0. The lowest BCUT2D eigenvalue weighted by molar-refractivity contribution is -0.662. The van der Waals surface area contributed by atoms with Crippen LogP contribution in [0.1, 0.15) is 78.6 Å². The van der Waals surface area contributed by atoms with Gasteiger partial charge in [0.2, 0.25) is 0 Å². The third-order valence-electron chi connectivity index (χ3n) is 5.80. The molecule has 1 aliphatic heterocycles. The van der Waals surface area contributed by atoms with Crippen molar-refractivity contribution in [3.63, 3.8) is 0 Å². The Morgan fingerprint density at radius 1 is 1.00 bits per heavy atom. The van der Waals surface area contributed by atoms with E-state index >= 15 is 0 Å². The van der Waals surface area contributed by atoms with Gasteiger partial charge in [0.05, 0.1) is 24.6 Å². The Kier molecular flexibility index (Phi) is 11.6. The summed E-state index contributed by atoms with van der Waals surface area (Å²) >= 11 is 0. The predicted octanol–water partition coefficient (Wildman–Crippen LogP) is 2.75. The fourth-order valence-electron chi connectivity index (χ4n) is 3.85. The molecule has 202 valence electrons. The van der Waals surface area contributed by atoms with E-state index in [0.717, 1.165) is 11.1 Å². The molecule has 2 aromatic rings. The molecule has 1 saturated heterocycles. The Morgan fingerprint density at radius 3 is 2.14 bits per heavy atom. The molecule has 1 amide bonds. The summed E-state index contributed by atoms with van der Waals surface area (Å²) in [6.45, 7) is 11.6. The van der Waals surface area contributed by atoms with E-state index in [2.05, 4.69) is 10.6 Å². The minimum absolute atomic E-state index is 0.0541. The minimum Gasteiger partial charge on any atom is -0.549 e. The van der Waals surface area contributed by atoms with Gasteiger partial charge in [0.1, 0.15) is 12.2 Å². The number of ether oxygens (including phenoxy) is 2. The first-order chi connectivity index (χ1) is 17.5. The van der Waals surface area contributed by atoms with Crippen LogP contribution in [0.4, 0.5) is 4.79 Å². The Hall–Kier alpha value is -3.39. The van der Waals surface area contributed by atoms with Crippen LogP contribution >= 0.6 is 0 Å². The van der Waals surface area contributed by atoms with Crippen LogP contribution in [0.25, 0.3) is 0 Å². The van der Waals surface area contributed by atoms with Crippen molar-refractivity contribution >= 4 is 18.0 Å². The first-order valence-corrected chi connectivity index (χ1v) is 12.8. The summed E-state index contributed by atoms with van der Waals surface area (Å²) in [7, 11) is 0. The van der Waals surface area contributed by atoms with Gasteiger partial charge in [0.15, 0.2) is 0 Å². The molecule has 0 aromatic heterocycles. The fourth-order valence-corrected chi connectivity index (χ4v) is 3.85. The largest absolute Gasteiger partial charge is 0.549 e. The summed E-state index contributed by atoms with van der Waals surface area (Å²) in [5, 5.41) is 16.4. The number of carbonyl (C=O) groups excluding carboxylic acids is 3. The highest BCUT2D eigenvalue weighted by Gasteiger charge is 2.19. The second-order valence-electron chi connectivity index (χ2n) is 10.3. The van der Waals surface area contributed by atoms with Gasteiger partial charge in [-0.15, -0.1) is 0 Å². The van der Waals surface area contributed by atoms with Crippen molar-refractivity contribution in [2.45, 2.75) is 72.0 Å². The Morgan fingerprint density at radius 2 is 1.65 bits per heavy atom. The van der Waals surface area contributed by atoms with Gasteiger partial charge in [-0.05, 0) is 76.6 Å². The van der Waals surface area contributed by atoms with Crippen LogP contribution in [0, 0.1) is 13.8 Å². The molecule has 0 aliphatic carbocycles. The molecule has 8 heteroatoms. The lowest BCUT2D eigenvalue weighted by atomic mass is 9.98. The number of nitrogens with one attached hydrogen (secondary N) is 1. The molecule has 2 aromatic carbocycles. The zero-order chi connectivity index (χ0) is 27.4. The molecule has 0 spiro atoms. The molecule has 0 unspecified atom stereocenters. The fraction of sp³-hybridized carbons (Fsp3) is 0.483. The molecule has 3 rings (SSSR count). The van der Waals surface area contributed by atoms with Gasteiger partial charge in [0.25, 0.3) is 0 Å². The molecule has 0 bridgehead atoms. The minimum atomic E-state index is -1.31. The average Bonchev–Trinajstić information content (AvgIpc) is 2.83. The van der Waals surface area contributed by atoms with E-state index in [9.17, 15) is 19.5 Å². The lowest BCUT2D eigenvalue weighted by Gasteiger charge is -2.23. The third-order valence-corrected chi connectivity index (χ3v) is 5.80. The van der Waals surface area contributed by atoms with Crippen molar-refractivity contribution in [3.05, 3.63) is 70.3 Å². The van der Waals surface area contributed by atoms with Gasteiger partial charge in [-0.2, -0.15) is 0 Å². The first-order valence-electron chi connectivity index (χ1n) is 12.8. The van der Waals surface area contributed by atoms with E-state index < -0.39 is 29.6 Å². The molecule has 3 N–H and O–H groups in total. The molecule has 37 heavy (non-hydrogen) atoms. The van der Waals surface area contributed by atoms with Gasteiger partial charge in [0, 0.05) is 12.5 Å². The average molecular weight is 513 g/mol. The number of benzene rings is 2. The Balaban J connectivity index is 0.000000700. The van der Waals surface area contributed by atoms with Crippen LogP contribution < -0.4 is 15.7 Å². The van der Waals surface area contributed by atoms with Gasteiger partial charge >= 0.3 is 12.1 Å². The highest BCUT2D eigenvalue weighted by Crippen LogP contribution is 2.18. The zero-order valence-electron chi connectivity index (χ0n) is 22.6. The monoisotopic (exact) mass is 512 g/mol. The van der Waals surface area contributed by atoms with Crippen molar-refractivity contribution in [1.82, 2.24) is 5.32 Å². The van der Waals surface area contributed by atoms with Gasteiger partial charge < -0.3 is 30.0 Å². The highest BCUT2D eigenvalue weighted by atomic mass is 16.6. The number of carboxylic acids is 1. The molecule has 0 radical (unpaired) electrons. The number of hydrogen-bond acceptors (Lipinski definition) is 6. The highest BCUT2D eigenvalue weighted by molar-refractivity contribution is 5.91. The van der Waals surface area contributed by atoms with Crippen molar-refractivity contribution < 1.29 is 34.3 Å². The Labute approximate surface area is 219 Å². The van der Waals surface area contributed by atoms with Crippen LogP contribution in [0.2, 0.25) is 0 Å². The number of quaternary nitrogens is 1. The summed E-state index contributed by atoms with van der Waals surface area (Å²) in [4.78, 5) is 35.6. The molecule has 1 aliphatic rings. The number of hydrogen-bond donors (Lipinski definition) is 2. The van der Waals surface area contributed by atoms with Crippen LogP contribution in [0.5, 0.6) is 0 Å². The van der Waals surface area contributed by atoms with E-state index in [1.165, 1.54) is 32.4 Å². The van der Waals surface area contributed by atoms with Crippen LogP contribution in [0.15, 0.2) is 42.5 Å². The van der Waals surface area contributed by atoms with Crippen LogP contribution in [-0.2, 0) is 20.9 Å². The van der Waals surface area contributed by atoms with Crippen molar-refractivity contribution in [3.8, 4) is 0 Å². The number of rotatable bonds is 7. The quantitative estimate of drug-likeness (QED) is 0.550. The smallest absolute Gasteiger partial charge is 0.407 e. The maximum Gasteiger partial charge on any atom is 0.407 e. The van der Waals surface area contributed by atoms with Crippen molar-refractivity contribution in [2.75, 3.05) is 19.6 Å². The van der Waals surface area contributed by atoms with E-state index in [1.807, 2.05) is 26.0 Å². The molecule has 1 heterocycles. The van der Waals surface area contributed by atoms with Gasteiger partial charge in [-0.1, -0.05) is 42.0 Å². The molecule has 1 atom stereocenters. The standard InChI is InChI=1S/C24H29NO6.C5H11N/c1-15-6-11-19(16(2)12-15)22(28)30-14-17-7-9-18(10-8-17)20(21(26)27)13-25-23(29)31-24(3,4)5;1-2-4-6-5-3-1/h6-12,20H,13-14H2,1-5H3,(H,25,29)(H,26,27);6H,1-5H2/t20-;/m1./s1. The molecule has 0 saturated carbocycles. The number of alkyl carbamates (subject to hydrolysis) is 1. The van der Waals surface area contributed by atoms with Gasteiger partial charge in [-0.25, -0.2) is 9.59 Å². The summed E-state index contributed by atoms with van der Waals surface area (Å²) in [5.41, 5.74) is 2.90. The second kappa shape index (κ2) is 14.4. The molecular weight excluding hydrogens is 472 g/mol. The topological polar surface area (TPSA) is 121 Å². The molecule has 8 nitrogen and oxygen atoms in total. The number of esters is 1. The van der Waals surface area contributed by atoms with E-state index in [4.69, 9.17) is 9.47 Å². The SMILES string of the molecule is C1CC[NH2+]CC1.Cc1ccc(C(=O)OCc2ccc([C@@H](CNC(=O)OC(C)(C)C)C(=O)[O-])cc2)c(C)c1. The normalized spacial score (nSPS) is 14.0. The number of carboxylic acid groups (broad SMARTS) is 1. The zero-order valence-corrected chi connectivity index (χ0v) is 22.6. The summed E-state index contributed by atoms with van der Waals surface area (Å²) in [6, 6.07) is 12.1. The van der Waals surface area contributed by atoms with Crippen LogP contribution in [0.3, 0.4) is 0 Å². The number of piperidine rings is 1. The number of carbonyl (C=O) groups is 3. The number of aliphatic carboxylic acids is 1. The van der Waals surface area contributed by atoms with E-state index in [-0.39, 0.29) is 13.2 Å². The summed E-state index contributed by atoms with van der Waals surface area (Å²) in [5.74, 6) is -2.78. The second-order valence-corrected chi connectivity index (χ2v) is 10.3. The first kappa shape index (κ1) is 29.8. The molecule has 1 fully saturated rings. The van der Waals surface area contributed by atoms with E-state index in [1.54, 1.807) is 51.1 Å². The molecular formula is C29H40N2O6. The van der Waals surface area contributed by atoms with Gasteiger partial charge in [-0.3, -0.25) is 0 Å². The van der Waals surface area contributed by atoms with Crippen molar-refractivity contribution in [1.29, 1.82) is 0 Å². The maximum atomic E-state index is 12.3. The van der Waals surface area contributed by atoms with Crippen LogP contribution in [-0.4, -0.2) is 43.3 Å². The number of nitrogens with two attached hydrogens (primary N) is 1. The Bertz CT molecular complexity index is 1030. The number of aryl methyl sites for hydroxylation is 2. The predicted molar refractivity (Wildman–Crippen MR) is 139 cm³/mol. The van der Waals surface area contributed by atoms with Crippen molar-refractivity contribution in [2.24, 2.45) is 0 Å². The number of amides is 1. The summed E-state index contributed by atoms with van der Waals surface area (Å²) < 4.78 is 10.5. The summed E-state index contributed by atoms with van der Waals surface area (Å²) in [6.07, 6.45) is 3.66.